The molecule has 8 nitrogen and oxygen atoms in total. The quantitative estimate of drug-likeness (QED) is 0.500. The van der Waals surface area contributed by atoms with Crippen LogP contribution in [0.5, 0.6) is 5.75 Å². The van der Waals surface area contributed by atoms with E-state index < -0.39 is 6.09 Å². The summed E-state index contributed by atoms with van der Waals surface area (Å²) in [5.74, 6) is 0.165. The molecule has 1 heterocycles. The number of carbonyl (C=O) groups is 3. The molecule has 0 aromatic heterocycles. The normalized spacial score (nSPS) is 16.6. The van der Waals surface area contributed by atoms with Gasteiger partial charge in [0.25, 0.3) is 5.91 Å². The molecule has 1 aliphatic heterocycles. The number of ether oxygens (including phenoxy) is 2. The van der Waals surface area contributed by atoms with Crippen LogP contribution in [-0.4, -0.2) is 78.7 Å². The number of nitrogens with zero attached hydrogens (tertiary/aromatic N) is 2. The lowest BCUT2D eigenvalue weighted by Gasteiger charge is -2.40. The van der Waals surface area contributed by atoms with Crippen molar-refractivity contribution in [3.8, 4) is 5.75 Å². The molecule has 8 heteroatoms. The van der Waals surface area contributed by atoms with Crippen LogP contribution < -0.4 is 4.74 Å². The van der Waals surface area contributed by atoms with Gasteiger partial charge in [0.15, 0.2) is 6.29 Å². The van der Waals surface area contributed by atoms with Crippen molar-refractivity contribution in [1.29, 1.82) is 0 Å². The molecule has 1 saturated heterocycles. The van der Waals surface area contributed by atoms with Gasteiger partial charge < -0.3 is 24.4 Å². The number of piperidine rings is 1. The fourth-order valence-corrected chi connectivity index (χ4v) is 3.60. The summed E-state index contributed by atoms with van der Waals surface area (Å²) in [7, 11) is 1.60. The van der Waals surface area contributed by atoms with E-state index in [4.69, 9.17) is 9.47 Å². The van der Waals surface area contributed by atoms with Crippen molar-refractivity contribution in [1.82, 2.24) is 9.80 Å². The van der Waals surface area contributed by atoms with Crippen molar-refractivity contribution in [3.63, 3.8) is 0 Å². The molecule has 1 aliphatic rings. The first-order chi connectivity index (χ1) is 13.9. The van der Waals surface area contributed by atoms with Crippen LogP contribution in [0.25, 0.3) is 0 Å². The van der Waals surface area contributed by atoms with Gasteiger partial charge in [-0.2, -0.15) is 0 Å². The second kappa shape index (κ2) is 10.8. The minimum absolute atomic E-state index is 0.0990. The van der Waals surface area contributed by atoms with Crippen molar-refractivity contribution < 1.29 is 29.0 Å². The first-order valence-corrected chi connectivity index (χ1v) is 9.90. The number of benzene rings is 1. The molecule has 1 atom stereocenters. The van der Waals surface area contributed by atoms with E-state index in [2.05, 4.69) is 0 Å². The number of likely N-dealkylation sites (tertiary alicyclic amines) is 1. The maximum atomic E-state index is 13.3. The topological polar surface area (TPSA) is 96.4 Å². The Bertz CT molecular complexity index is 721. The van der Waals surface area contributed by atoms with E-state index in [0.717, 1.165) is 6.42 Å². The standard InChI is InChI=1S/C21H30N2O6/c1-15(2)23(18-6-4-9-22(13-18)21(26)27)20(25)16-7-8-17(14-24)19(12-16)29-11-5-10-28-3/h7-8,12,14-15,18H,4-6,9-11,13H2,1-3H3,(H,26,27)/t18-/m1/s1. The van der Waals surface area contributed by atoms with Crippen LogP contribution in [0.3, 0.4) is 0 Å². The second-order valence-electron chi connectivity index (χ2n) is 7.40. The molecule has 29 heavy (non-hydrogen) atoms. The first kappa shape index (κ1) is 22.7. The summed E-state index contributed by atoms with van der Waals surface area (Å²) in [5.41, 5.74) is 0.795. The third kappa shape index (κ3) is 5.93. The Kier molecular flexibility index (Phi) is 8.45. The lowest BCUT2D eigenvalue weighted by atomic mass is 10.0. The van der Waals surface area contributed by atoms with E-state index >= 15 is 0 Å². The van der Waals surface area contributed by atoms with Gasteiger partial charge >= 0.3 is 6.09 Å². The number of carboxylic acid groups (broad SMARTS) is 1. The zero-order valence-electron chi connectivity index (χ0n) is 17.3. The van der Waals surface area contributed by atoms with Gasteiger partial charge in [0.1, 0.15) is 5.75 Å². The van der Waals surface area contributed by atoms with Gasteiger partial charge in [-0.15, -0.1) is 0 Å². The monoisotopic (exact) mass is 406 g/mol. The van der Waals surface area contributed by atoms with Crippen molar-refractivity contribution in [2.45, 2.75) is 45.2 Å². The van der Waals surface area contributed by atoms with Crippen LogP contribution >= 0.6 is 0 Å². The van der Waals surface area contributed by atoms with Crippen molar-refractivity contribution in [3.05, 3.63) is 29.3 Å². The van der Waals surface area contributed by atoms with Crippen LogP contribution in [0.15, 0.2) is 18.2 Å². The van der Waals surface area contributed by atoms with Gasteiger partial charge in [0.05, 0.1) is 18.2 Å². The van der Waals surface area contributed by atoms with Gasteiger partial charge in [-0.3, -0.25) is 9.59 Å². The highest BCUT2D eigenvalue weighted by Gasteiger charge is 2.32. The molecule has 0 radical (unpaired) electrons. The number of hydrogen-bond donors (Lipinski definition) is 1. The Balaban J connectivity index is 2.22. The maximum absolute atomic E-state index is 13.3. The molecular weight excluding hydrogens is 376 g/mol. The maximum Gasteiger partial charge on any atom is 0.407 e. The van der Waals surface area contributed by atoms with Crippen molar-refractivity contribution >= 4 is 18.3 Å². The Morgan fingerprint density at radius 3 is 2.72 bits per heavy atom. The average molecular weight is 406 g/mol. The minimum Gasteiger partial charge on any atom is -0.493 e. The Morgan fingerprint density at radius 1 is 1.34 bits per heavy atom. The van der Waals surface area contributed by atoms with Crippen molar-refractivity contribution in [2.75, 3.05) is 33.4 Å². The van der Waals surface area contributed by atoms with E-state index in [0.29, 0.717) is 62.3 Å². The first-order valence-electron chi connectivity index (χ1n) is 9.90. The van der Waals surface area contributed by atoms with Crippen molar-refractivity contribution in [2.24, 2.45) is 0 Å². The van der Waals surface area contributed by atoms with Crippen LogP contribution in [-0.2, 0) is 4.74 Å². The van der Waals surface area contributed by atoms with Crippen LogP contribution in [0, 0.1) is 0 Å². The summed E-state index contributed by atoms with van der Waals surface area (Å²) in [5, 5.41) is 9.31. The zero-order valence-corrected chi connectivity index (χ0v) is 17.3. The molecule has 0 unspecified atom stereocenters. The highest BCUT2D eigenvalue weighted by Crippen LogP contribution is 2.24. The number of aldehydes is 1. The summed E-state index contributed by atoms with van der Waals surface area (Å²) in [6.07, 6.45) is 1.86. The van der Waals surface area contributed by atoms with Crippen LogP contribution in [0.2, 0.25) is 0 Å². The number of carbonyl (C=O) groups excluding carboxylic acids is 2. The van der Waals surface area contributed by atoms with Gasteiger partial charge in [0, 0.05) is 44.8 Å². The van der Waals surface area contributed by atoms with Gasteiger partial charge in [-0.25, -0.2) is 4.79 Å². The molecule has 1 aromatic rings. The molecule has 2 rings (SSSR count). The average Bonchev–Trinajstić information content (AvgIpc) is 2.71. The Labute approximate surface area is 171 Å². The molecule has 1 N–H and O–H groups in total. The number of rotatable bonds is 9. The molecule has 0 spiro atoms. The third-order valence-corrected chi connectivity index (χ3v) is 4.99. The predicted octanol–water partition coefficient (Wildman–Crippen LogP) is 2.91. The fraction of sp³-hybridized carbons (Fsp3) is 0.571. The molecule has 0 saturated carbocycles. The van der Waals surface area contributed by atoms with Gasteiger partial charge in [0.2, 0.25) is 0 Å². The highest BCUT2D eigenvalue weighted by atomic mass is 16.5. The Morgan fingerprint density at radius 2 is 2.10 bits per heavy atom. The summed E-state index contributed by atoms with van der Waals surface area (Å²) < 4.78 is 10.7. The lowest BCUT2D eigenvalue weighted by molar-refractivity contribution is 0.0449. The van der Waals surface area contributed by atoms with E-state index in [9.17, 15) is 19.5 Å². The van der Waals surface area contributed by atoms with Crippen LogP contribution in [0.1, 0.15) is 53.8 Å². The van der Waals surface area contributed by atoms with Crippen LogP contribution in [0.4, 0.5) is 4.79 Å². The van der Waals surface area contributed by atoms with E-state index in [1.165, 1.54) is 4.90 Å². The molecule has 0 aliphatic carbocycles. The molecule has 2 amide bonds. The molecule has 0 bridgehead atoms. The summed E-state index contributed by atoms with van der Waals surface area (Å²) >= 11 is 0. The third-order valence-electron chi connectivity index (χ3n) is 4.99. The van der Waals surface area contributed by atoms with E-state index in [1.54, 1.807) is 30.2 Å². The summed E-state index contributed by atoms with van der Waals surface area (Å²) in [6.45, 7) is 5.53. The molecular formula is C21H30N2O6. The molecule has 160 valence electrons. The summed E-state index contributed by atoms with van der Waals surface area (Å²) in [6, 6.07) is 4.49. The zero-order chi connectivity index (χ0) is 21.4. The SMILES string of the molecule is COCCCOc1cc(C(=O)N(C(C)C)[C@@H]2CCCN(C(=O)O)C2)ccc1C=O. The Hall–Kier alpha value is -2.61. The summed E-state index contributed by atoms with van der Waals surface area (Å²) in [4.78, 5) is 39.1. The molecule has 1 aromatic carbocycles. The lowest BCUT2D eigenvalue weighted by Crippen LogP contribution is -2.53. The van der Waals surface area contributed by atoms with Gasteiger partial charge in [-0.05, 0) is 44.9 Å². The highest BCUT2D eigenvalue weighted by molar-refractivity contribution is 5.96. The fourth-order valence-electron chi connectivity index (χ4n) is 3.60. The van der Waals surface area contributed by atoms with Gasteiger partial charge in [-0.1, -0.05) is 0 Å². The second-order valence-corrected chi connectivity index (χ2v) is 7.40. The van der Waals surface area contributed by atoms with E-state index in [1.807, 2.05) is 13.8 Å². The van der Waals surface area contributed by atoms with E-state index in [-0.39, 0.29) is 18.0 Å². The number of hydrogen-bond acceptors (Lipinski definition) is 5. The largest absolute Gasteiger partial charge is 0.493 e. The minimum atomic E-state index is -0.965. The number of amides is 2. The number of methoxy groups -OCH3 is 1. The predicted molar refractivity (Wildman–Crippen MR) is 108 cm³/mol. The smallest absolute Gasteiger partial charge is 0.407 e. The molecule has 1 fully saturated rings.